The maximum Gasteiger partial charge on any atom is 0.308 e. The van der Waals surface area contributed by atoms with Crippen molar-refractivity contribution in [3.63, 3.8) is 0 Å². The van der Waals surface area contributed by atoms with Gasteiger partial charge in [-0.25, -0.2) is 4.99 Å². The third-order valence-corrected chi connectivity index (χ3v) is 4.90. The standard InChI is InChI=1S/C21H21BrN4O4/c1-12(27)25-26-21-18(11-19(28)30-3)23-20(13-4-6-14(22)7-5-13)16-10-15(29-2)8-9-17(16)24-21/h4-10,18H,11H2,1-3H3,(H,24,26)(H,25,27). The van der Waals surface area contributed by atoms with E-state index in [0.29, 0.717) is 23.0 Å². The quantitative estimate of drug-likeness (QED) is 0.526. The van der Waals surface area contributed by atoms with E-state index in [1.54, 1.807) is 19.2 Å². The number of carbonyl (C=O) groups is 2. The average Bonchev–Trinajstić information content (AvgIpc) is 2.89. The second-order valence-corrected chi connectivity index (χ2v) is 7.38. The lowest BCUT2D eigenvalue weighted by Gasteiger charge is -2.16. The lowest BCUT2D eigenvalue weighted by atomic mass is 10.00. The number of amidine groups is 1. The van der Waals surface area contributed by atoms with Crippen molar-refractivity contribution in [2.24, 2.45) is 9.98 Å². The first-order chi connectivity index (χ1) is 14.4. The number of methoxy groups -OCH3 is 2. The van der Waals surface area contributed by atoms with Crippen LogP contribution in [0.2, 0.25) is 0 Å². The number of amides is 1. The largest absolute Gasteiger partial charge is 0.497 e. The van der Waals surface area contributed by atoms with Gasteiger partial charge in [0.05, 0.1) is 32.0 Å². The molecule has 9 heteroatoms. The number of aliphatic imine (C=N–C) groups is 2. The van der Waals surface area contributed by atoms with E-state index < -0.39 is 12.0 Å². The topological polar surface area (TPSA) is 101 Å². The first kappa shape index (κ1) is 21.5. The molecule has 1 amide bonds. The smallest absolute Gasteiger partial charge is 0.308 e. The molecule has 0 fully saturated rings. The minimum Gasteiger partial charge on any atom is -0.497 e. The normalized spacial score (nSPS) is 15.1. The molecule has 0 aromatic heterocycles. The van der Waals surface area contributed by atoms with Crippen LogP contribution in [0.15, 0.2) is 56.9 Å². The van der Waals surface area contributed by atoms with E-state index in [-0.39, 0.29) is 12.3 Å². The predicted octanol–water partition coefficient (Wildman–Crippen LogP) is 2.91. The number of nitrogens with zero attached hydrogens (tertiary/aromatic N) is 2. The van der Waals surface area contributed by atoms with Crippen LogP contribution in [-0.2, 0) is 14.3 Å². The predicted molar refractivity (Wildman–Crippen MR) is 117 cm³/mol. The van der Waals surface area contributed by atoms with Crippen molar-refractivity contribution in [1.29, 1.82) is 0 Å². The van der Waals surface area contributed by atoms with Gasteiger partial charge in [-0.15, -0.1) is 0 Å². The van der Waals surface area contributed by atoms with Gasteiger partial charge in [0.1, 0.15) is 17.6 Å². The number of esters is 1. The minimum absolute atomic E-state index is 0.0485. The summed E-state index contributed by atoms with van der Waals surface area (Å²) in [5.41, 5.74) is 8.15. The molecule has 0 saturated carbocycles. The molecule has 1 aliphatic rings. The SMILES string of the molecule is COC(=O)CC1N=C(c2ccc(Br)cc2)c2cc(OC)ccc2N=C1NNC(C)=O. The zero-order valence-corrected chi connectivity index (χ0v) is 18.3. The van der Waals surface area contributed by atoms with E-state index >= 15 is 0 Å². The zero-order chi connectivity index (χ0) is 21.7. The van der Waals surface area contributed by atoms with Gasteiger partial charge >= 0.3 is 5.97 Å². The molecule has 0 aliphatic carbocycles. The van der Waals surface area contributed by atoms with E-state index in [1.807, 2.05) is 30.3 Å². The fraction of sp³-hybridized carbons (Fsp3) is 0.238. The van der Waals surface area contributed by atoms with Crippen molar-refractivity contribution in [3.05, 3.63) is 58.1 Å². The maximum absolute atomic E-state index is 12.0. The van der Waals surface area contributed by atoms with Gasteiger partial charge in [0.25, 0.3) is 0 Å². The highest BCUT2D eigenvalue weighted by Crippen LogP contribution is 2.31. The molecule has 0 saturated heterocycles. The molecule has 3 rings (SSSR count). The van der Waals surface area contributed by atoms with Crippen LogP contribution in [-0.4, -0.2) is 43.7 Å². The van der Waals surface area contributed by atoms with Gasteiger partial charge in [-0.2, -0.15) is 0 Å². The van der Waals surface area contributed by atoms with Crippen LogP contribution in [0.4, 0.5) is 5.69 Å². The molecule has 2 aromatic carbocycles. The Bertz CT molecular complexity index is 1020. The van der Waals surface area contributed by atoms with Crippen LogP contribution in [0.25, 0.3) is 0 Å². The van der Waals surface area contributed by atoms with E-state index in [0.717, 1.165) is 15.6 Å². The second kappa shape index (κ2) is 9.53. The highest BCUT2D eigenvalue weighted by molar-refractivity contribution is 9.10. The summed E-state index contributed by atoms with van der Waals surface area (Å²) in [5.74, 6) is 0.233. The van der Waals surface area contributed by atoms with Crippen LogP contribution < -0.4 is 15.6 Å². The van der Waals surface area contributed by atoms with Gasteiger partial charge in [-0.1, -0.05) is 28.1 Å². The molecular weight excluding hydrogens is 452 g/mol. The molecule has 156 valence electrons. The Morgan fingerprint density at radius 2 is 1.87 bits per heavy atom. The molecule has 1 heterocycles. The van der Waals surface area contributed by atoms with E-state index in [1.165, 1.54) is 14.0 Å². The van der Waals surface area contributed by atoms with Gasteiger partial charge in [0.2, 0.25) is 5.91 Å². The van der Waals surface area contributed by atoms with E-state index in [4.69, 9.17) is 14.5 Å². The summed E-state index contributed by atoms with van der Waals surface area (Å²) in [7, 11) is 2.90. The molecule has 0 spiro atoms. The van der Waals surface area contributed by atoms with Crippen molar-refractivity contribution in [1.82, 2.24) is 10.9 Å². The third-order valence-electron chi connectivity index (χ3n) is 4.37. The maximum atomic E-state index is 12.0. The highest BCUT2D eigenvalue weighted by Gasteiger charge is 2.26. The highest BCUT2D eigenvalue weighted by atomic mass is 79.9. The number of hydrogen-bond acceptors (Lipinski definition) is 7. The second-order valence-electron chi connectivity index (χ2n) is 6.47. The first-order valence-corrected chi connectivity index (χ1v) is 9.90. The van der Waals surface area contributed by atoms with Crippen molar-refractivity contribution >= 4 is 45.0 Å². The number of rotatable bonds is 4. The summed E-state index contributed by atoms with van der Waals surface area (Å²) in [6, 6.07) is 12.4. The Morgan fingerprint density at radius 3 is 2.50 bits per heavy atom. The Kier molecular flexibility index (Phi) is 6.83. The Hall–Kier alpha value is -3.20. The molecule has 2 N–H and O–H groups in total. The van der Waals surface area contributed by atoms with Gasteiger partial charge in [-0.3, -0.25) is 25.4 Å². The van der Waals surface area contributed by atoms with Crippen molar-refractivity contribution < 1.29 is 19.1 Å². The van der Waals surface area contributed by atoms with Crippen molar-refractivity contribution in [2.75, 3.05) is 14.2 Å². The lowest BCUT2D eigenvalue weighted by molar-refractivity contribution is -0.140. The molecule has 2 aromatic rings. The van der Waals surface area contributed by atoms with Gasteiger partial charge in [-0.05, 0) is 30.3 Å². The Balaban J connectivity index is 2.18. The number of hydrazine groups is 1. The minimum atomic E-state index is -0.693. The lowest BCUT2D eigenvalue weighted by Crippen LogP contribution is -2.45. The van der Waals surface area contributed by atoms with Crippen LogP contribution >= 0.6 is 15.9 Å². The monoisotopic (exact) mass is 472 g/mol. The molecule has 1 aliphatic heterocycles. The fourth-order valence-electron chi connectivity index (χ4n) is 2.90. The van der Waals surface area contributed by atoms with Crippen molar-refractivity contribution in [3.8, 4) is 5.75 Å². The molecule has 0 bridgehead atoms. The number of fused-ring (bicyclic) bond motifs is 1. The van der Waals surface area contributed by atoms with Crippen LogP contribution in [0.3, 0.4) is 0 Å². The Morgan fingerprint density at radius 1 is 1.13 bits per heavy atom. The molecule has 30 heavy (non-hydrogen) atoms. The van der Waals surface area contributed by atoms with Crippen LogP contribution in [0, 0.1) is 0 Å². The molecule has 8 nitrogen and oxygen atoms in total. The summed E-state index contributed by atoms with van der Waals surface area (Å²) in [6.45, 7) is 1.37. The van der Waals surface area contributed by atoms with Crippen LogP contribution in [0.5, 0.6) is 5.75 Å². The molecule has 1 unspecified atom stereocenters. The number of hydrogen-bond donors (Lipinski definition) is 2. The zero-order valence-electron chi connectivity index (χ0n) is 16.7. The molecule has 0 radical (unpaired) electrons. The van der Waals surface area contributed by atoms with Crippen LogP contribution in [0.1, 0.15) is 24.5 Å². The fourth-order valence-corrected chi connectivity index (χ4v) is 3.17. The van der Waals surface area contributed by atoms with E-state index in [2.05, 4.69) is 31.8 Å². The van der Waals surface area contributed by atoms with E-state index in [9.17, 15) is 9.59 Å². The third kappa shape index (κ3) is 5.04. The molecule has 1 atom stereocenters. The summed E-state index contributed by atoms with van der Waals surface area (Å²) in [6.07, 6.45) is -0.0485. The summed E-state index contributed by atoms with van der Waals surface area (Å²) < 4.78 is 11.1. The summed E-state index contributed by atoms with van der Waals surface area (Å²) >= 11 is 3.44. The number of carbonyl (C=O) groups excluding carboxylic acids is 2. The first-order valence-electron chi connectivity index (χ1n) is 9.11. The van der Waals surface area contributed by atoms with Gasteiger partial charge < -0.3 is 9.47 Å². The summed E-state index contributed by atoms with van der Waals surface area (Å²) in [5, 5.41) is 0. The average molecular weight is 473 g/mol. The number of benzene rings is 2. The van der Waals surface area contributed by atoms with Gasteiger partial charge in [0, 0.05) is 22.5 Å². The summed E-state index contributed by atoms with van der Waals surface area (Å²) in [4.78, 5) is 33.0. The number of ether oxygens (including phenoxy) is 2. The van der Waals surface area contributed by atoms with Gasteiger partial charge in [0.15, 0.2) is 0 Å². The molecular formula is C21H21BrN4O4. The van der Waals surface area contributed by atoms with Crippen molar-refractivity contribution in [2.45, 2.75) is 19.4 Å². The number of nitrogens with one attached hydrogen (secondary N) is 2. The number of halogens is 1. The Labute approximate surface area is 182 Å².